The highest BCUT2D eigenvalue weighted by molar-refractivity contribution is 7.91. The molecule has 0 N–H and O–H groups in total. The molecule has 0 aromatic carbocycles. The molecule has 126 valence electrons. The molecule has 1 saturated heterocycles. The van der Waals surface area contributed by atoms with Crippen LogP contribution in [0.2, 0.25) is 0 Å². The van der Waals surface area contributed by atoms with Gasteiger partial charge >= 0.3 is 0 Å². The van der Waals surface area contributed by atoms with Gasteiger partial charge in [0.05, 0.1) is 11.5 Å². The van der Waals surface area contributed by atoms with E-state index in [0.29, 0.717) is 24.5 Å². The molecule has 0 saturated carbocycles. The quantitative estimate of drug-likeness (QED) is 0.737. The Morgan fingerprint density at radius 2 is 2.26 bits per heavy atom. The number of rotatable bonds is 7. The number of hydrogen-bond acceptors (Lipinski definition) is 6. The SMILES string of the molecule is CCCCn1nc(Cn2cncn2)nc1CC1CCS(=O)(=O)C1. The number of aryl methyl sites for hydroxylation is 1. The molecule has 2 aromatic heterocycles. The molecule has 0 bridgehead atoms. The van der Waals surface area contributed by atoms with E-state index in [1.807, 2.05) is 4.68 Å². The summed E-state index contributed by atoms with van der Waals surface area (Å²) in [6.07, 6.45) is 6.63. The van der Waals surface area contributed by atoms with Gasteiger partial charge in [-0.05, 0) is 18.8 Å². The minimum absolute atomic E-state index is 0.156. The lowest BCUT2D eigenvalue weighted by Gasteiger charge is -2.08. The van der Waals surface area contributed by atoms with Crippen LogP contribution in [-0.2, 0) is 29.3 Å². The van der Waals surface area contributed by atoms with E-state index in [-0.39, 0.29) is 11.7 Å². The number of unbranched alkanes of at least 4 members (excludes halogenated alkanes) is 1. The summed E-state index contributed by atoms with van der Waals surface area (Å²) in [5.41, 5.74) is 0. The molecule has 9 heteroatoms. The molecule has 3 rings (SSSR count). The van der Waals surface area contributed by atoms with Gasteiger partial charge in [-0.1, -0.05) is 13.3 Å². The first-order chi connectivity index (χ1) is 11.1. The van der Waals surface area contributed by atoms with Crippen molar-refractivity contribution in [2.75, 3.05) is 11.5 Å². The van der Waals surface area contributed by atoms with Crippen LogP contribution in [0, 0.1) is 5.92 Å². The molecule has 23 heavy (non-hydrogen) atoms. The lowest BCUT2D eigenvalue weighted by molar-refractivity contribution is 0.499. The maximum absolute atomic E-state index is 11.6. The smallest absolute Gasteiger partial charge is 0.172 e. The van der Waals surface area contributed by atoms with E-state index >= 15 is 0 Å². The van der Waals surface area contributed by atoms with Crippen LogP contribution in [-0.4, -0.2) is 49.5 Å². The molecule has 1 atom stereocenters. The van der Waals surface area contributed by atoms with E-state index in [1.54, 1.807) is 11.0 Å². The summed E-state index contributed by atoms with van der Waals surface area (Å²) in [6.45, 7) is 3.43. The van der Waals surface area contributed by atoms with Gasteiger partial charge in [-0.3, -0.25) is 0 Å². The highest BCUT2D eigenvalue weighted by Crippen LogP contribution is 2.22. The van der Waals surface area contributed by atoms with Crippen molar-refractivity contribution in [3.63, 3.8) is 0 Å². The zero-order valence-electron chi connectivity index (χ0n) is 13.3. The van der Waals surface area contributed by atoms with Gasteiger partial charge in [0, 0.05) is 13.0 Å². The molecule has 1 aliphatic heterocycles. The van der Waals surface area contributed by atoms with Crippen molar-refractivity contribution < 1.29 is 8.42 Å². The average molecular weight is 338 g/mol. The molecule has 1 unspecified atom stereocenters. The summed E-state index contributed by atoms with van der Waals surface area (Å²) in [5.74, 6) is 2.31. The number of nitrogens with zero attached hydrogens (tertiary/aromatic N) is 6. The molecule has 0 amide bonds. The topological polar surface area (TPSA) is 95.6 Å². The first kappa shape index (κ1) is 16.1. The van der Waals surface area contributed by atoms with Gasteiger partial charge < -0.3 is 0 Å². The third-order valence-electron chi connectivity index (χ3n) is 4.08. The average Bonchev–Trinajstić information content (AvgIpc) is 3.20. The van der Waals surface area contributed by atoms with E-state index in [1.165, 1.54) is 6.33 Å². The number of hydrogen-bond donors (Lipinski definition) is 0. The van der Waals surface area contributed by atoms with E-state index in [4.69, 9.17) is 0 Å². The second-order valence-corrected chi connectivity index (χ2v) is 8.32. The van der Waals surface area contributed by atoms with E-state index in [0.717, 1.165) is 31.6 Å². The predicted molar refractivity (Wildman–Crippen MR) is 84.5 cm³/mol. The Balaban J connectivity index is 1.75. The van der Waals surface area contributed by atoms with Crippen LogP contribution in [0.4, 0.5) is 0 Å². The third kappa shape index (κ3) is 4.15. The highest BCUT2D eigenvalue weighted by atomic mass is 32.2. The molecule has 3 heterocycles. The monoisotopic (exact) mass is 338 g/mol. The Labute approximate surface area is 135 Å². The minimum atomic E-state index is -2.86. The summed E-state index contributed by atoms with van der Waals surface area (Å²) in [5, 5.41) is 8.64. The third-order valence-corrected chi connectivity index (χ3v) is 5.92. The molecule has 0 aliphatic carbocycles. The van der Waals surface area contributed by atoms with Gasteiger partial charge in [-0.25, -0.2) is 27.7 Å². The van der Waals surface area contributed by atoms with Gasteiger partial charge in [0.2, 0.25) is 0 Å². The Morgan fingerprint density at radius 3 is 2.91 bits per heavy atom. The van der Waals surface area contributed by atoms with Gasteiger partial charge in [-0.15, -0.1) is 0 Å². The largest absolute Gasteiger partial charge is 0.250 e. The number of sulfone groups is 1. The number of aromatic nitrogens is 6. The maximum Gasteiger partial charge on any atom is 0.172 e. The van der Waals surface area contributed by atoms with Crippen molar-refractivity contribution >= 4 is 9.84 Å². The fourth-order valence-corrected chi connectivity index (χ4v) is 4.74. The molecular formula is C14H22N6O2S. The summed E-state index contributed by atoms with van der Waals surface area (Å²) in [6, 6.07) is 0. The van der Waals surface area contributed by atoms with Crippen LogP contribution in [0.15, 0.2) is 12.7 Å². The second kappa shape index (κ2) is 6.77. The lowest BCUT2D eigenvalue weighted by atomic mass is 10.1. The van der Waals surface area contributed by atoms with Crippen molar-refractivity contribution in [1.29, 1.82) is 0 Å². The zero-order chi connectivity index (χ0) is 16.3. The Morgan fingerprint density at radius 1 is 1.39 bits per heavy atom. The van der Waals surface area contributed by atoms with Crippen molar-refractivity contribution in [1.82, 2.24) is 29.5 Å². The Kier molecular flexibility index (Phi) is 4.74. The molecule has 0 spiro atoms. The predicted octanol–water partition coefficient (Wildman–Crippen LogP) is 0.695. The lowest BCUT2D eigenvalue weighted by Crippen LogP contribution is -2.13. The minimum Gasteiger partial charge on any atom is -0.250 e. The van der Waals surface area contributed by atoms with Gasteiger partial charge in [0.25, 0.3) is 0 Å². The molecule has 0 radical (unpaired) electrons. The van der Waals surface area contributed by atoms with E-state index in [9.17, 15) is 8.42 Å². The Bertz CT molecular complexity index is 737. The van der Waals surface area contributed by atoms with E-state index in [2.05, 4.69) is 27.1 Å². The fraction of sp³-hybridized carbons (Fsp3) is 0.714. The van der Waals surface area contributed by atoms with Gasteiger partial charge in [0.15, 0.2) is 15.7 Å². The summed E-state index contributed by atoms with van der Waals surface area (Å²) >= 11 is 0. The second-order valence-electron chi connectivity index (χ2n) is 6.09. The maximum atomic E-state index is 11.6. The normalized spacial score (nSPS) is 20.1. The van der Waals surface area contributed by atoms with Crippen LogP contribution in [0.1, 0.15) is 37.8 Å². The molecule has 1 aliphatic rings. The van der Waals surface area contributed by atoms with Gasteiger partial charge in [-0.2, -0.15) is 10.2 Å². The molecule has 1 fully saturated rings. The highest BCUT2D eigenvalue weighted by Gasteiger charge is 2.29. The van der Waals surface area contributed by atoms with Crippen LogP contribution in [0.5, 0.6) is 0 Å². The van der Waals surface area contributed by atoms with Crippen molar-refractivity contribution in [2.45, 2.75) is 45.7 Å². The Hall–Kier alpha value is -1.77. The molecular weight excluding hydrogens is 316 g/mol. The molecule has 2 aromatic rings. The van der Waals surface area contributed by atoms with Crippen LogP contribution < -0.4 is 0 Å². The van der Waals surface area contributed by atoms with E-state index < -0.39 is 9.84 Å². The summed E-state index contributed by atoms with van der Waals surface area (Å²) in [4.78, 5) is 8.54. The first-order valence-corrected chi connectivity index (χ1v) is 9.83. The fourth-order valence-electron chi connectivity index (χ4n) is 2.88. The molecule has 8 nitrogen and oxygen atoms in total. The van der Waals surface area contributed by atoms with Crippen molar-refractivity contribution in [3.05, 3.63) is 24.3 Å². The van der Waals surface area contributed by atoms with Gasteiger partial charge in [0.1, 0.15) is 25.0 Å². The summed E-state index contributed by atoms with van der Waals surface area (Å²) < 4.78 is 26.9. The van der Waals surface area contributed by atoms with Crippen molar-refractivity contribution in [2.24, 2.45) is 5.92 Å². The van der Waals surface area contributed by atoms with Crippen molar-refractivity contribution in [3.8, 4) is 0 Å². The zero-order valence-corrected chi connectivity index (χ0v) is 14.1. The standard InChI is InChI=1S/C14H22N6O2S/c1-2-3-5-20-14(7-12-4-6-23(21,22)9-12)17-13(18-20)8-19-11-15-10-16-19/h10-12H,2-9H2,1H3. The van der Waals surface area contributed by atoms with Crippen LogP contribution >= 0.6 is 0 Å². The van der Waals surface area contributed by atoms with Crippen LogP contribution in [0.3, 0.4) is 0 Å². The summed E-state index contributed by atoms with van der Waals surface area (Å²) in [7, 11) is -2.86. The van der Waals surface area contributed by atoms with Crippen LogP contribution in [0.25, 0.3) is 0 Å². The first-order valence-electron chi connectivity index (χ1n) is 8.01.